The number of carbonyl (C=O) groups excluding carboxylic acids is 1. The van der Waals surface area contributed by atoms with Gasteiger partial charge in [-0.05, 0) is 30.0 Å². The van der Waals surface area contributed by atoms with Gasteiger partial charge in [0, 0.05) is 24.8 Å². The Morgan fingerprint density at radius 3 is 2.64 bits per heavy atom. The van der Waals surface area contributed by atoms with Crippen LogP contribution in [0, 0.1) is 5.82 Å². The fourth-order valence-corrected chi connectivity index (χ4v) is 2.97. The normalized spacial score (nSPS) is 10.9. The van der Waals surface area contributed by atoms with Crippen LogP contribution in [0.25, 0.3) is 0 Å². The number of amides is 1. The predicted molar refractivity (Wildman–Crippen MR) is 87.6 cm³/mol. The Balaban J connectivity index is 1.68. The van der Waals surface area contributed by atoms with Gasteiger partial charge in [0.1, 0.15) is 5.82 Å². The van der Waals surface area contributed by atoms with Gasteiger partial charge in [0.15, 0.2) is 0 Å². The van der Waals surface area contributed by atoms with Crippen molar-refractivity contribution >= 4 is 17.2 Å². The van der Waals surface area contributed by atoms with E-state index in [4.69, 9.17) is 0 Å². The molecule has 1 N–H and O–H groups in total. The minimum absolute atomic E-state index is 0.0309. The molecule has 0 aliphatic carbocycles. The zero-order valence-electron chi connectivity index (χ0n) is 12.9. The van der Waals surface area contributed by atoms with E-state index < -0.39 is 0 Å². The molecule has 3 nitrogen and oxygen atoms in total. The van der Waals surface area contributed by atoms with Crippen LogP contribution in [-0.4, -0.2) is 17.4 Å². The molecule has 2 aromatic rings. The molecule has 0 atom stereocenters. The Labute approximate surface area is 134 Å². The molecule has 5 heteroatoms. The highest BCUT2D eigenvalue weighted by atomic mass is 32.1. The van der Waals surface area contributed by atoms with Crippen LogP contribution in [-0.2, 0) is 17.6 Å². The number of hydrogen-bond donors (Lipinski definition) is 1. The summed E-state index contributed by atoms with van der Waals surface area (Å²) < 4.78 is 12.8. The second kappa shape index (κ2) is 8.03. The van der Waals surface area contributed by atoms with Crippen molar-refractivity contribution in [2.24, 2.45) is 0 Å². The van der Waals surface area contributed by atoms with Crippen molar-refractivity contribution in [1.82, 2.24) is 10.3 Å². The van der Waals surface area contributed by atoms with E-state index in [1.807, 2.05) is 0 Å². The lowest BCUT2D eigenvalue weighted by Crippen LogP contribution is -2.25. The zero-order chi connectivity index (χ0) is 15.9. The molecule has 0 fully saturated rings. The van der Waals surface area contributed by atoms with Crippen molar-refractivity contribution in [3.63, 3.8) is 0 Å². The van der Waals surface area contributed by atoms with Gasteiger partial charge in [-0.25, -0.2) is 9.37 Å². The second-order valence-corrected chi connectivity index (χ2v) is 6.49. The van der Waals surface area contributed by atoms with Crippen LogP contribution in [0.1, 0.15) is 42.5 Å². The summed E-state index contributed by atoms with van der Waals surface area (Å²) in [5.74, 6) is 0.218. The number of carbonyl (C=O) groups is 1. The first kappa shape index (κ1) is 16.6. The van der Waals surface area contributed by atoms with Crippen LogP contribution in [0.15, 0.2) is 29.6 Å². The molecular formula is C17H21FN2OS. The fourth-order valence-electron chi connectivity index (χ4n) is 2.01. The van der Waals surface area contributed by atoms with E-state index in [1.54, 1.807) is 23.5 Å². The predicted octanol–water partition coefficient (Wildman–Crippen LogP) is 3.70. The van der Waals surface area contributed by atoms with Crippen molar-refractivity contribution < 1.29 is 9.18 Å². The van der Waals surface area contributed by atoms with Gasteiger partial charge in [0.05, 0.1) is 10.7 Å². The monoisotopic (exact) mass is 320 g/mol. The van der Waals surface area contributed by atoms with Crippen molar-refractivity contribution in [2.75, 3.05) is 6.54 Å². The van der Waals surface area contributed by atoms with E-state index in [0.717, 1.165) is 16.3 Å². The number of nitrogens with zero attached hydrogens (tertiary/aromatic N) is 1. The third-order valence-corrected chi connectivity index (χ3v) is 4.30. The summed E-state index contributed by atoms with van der Waals surface area (Å²) in [4.78, 5) is 16.3. The fraction of sp³-hybridized carbons (Fsp3) is 0.412. The first-order valence-electron chi connectivity index (χ1n) is 7.50. The molecule has 0 spiro atoms. The lowest BCUT2D eigenvalue weighted by atomic mass is 10.1. The van der Waals surface area contributed by atoms with E-state index in [-0.39, 0.29) is 11.7 Å². The highest BCUT2D eigenvalue weighted by molar-refractivity contribution is 7.09. The Hall–Kier alpha value is -1.75. The van der Waals surface area contributed by atoms with Crippen molar-refractivity contribution in [3.8, 4) is 0 Å². The number of aromatic nitrogens is 1. The molecule has 1 heterocycles. The Bertz CT molecular complexity index is 607. The number of halogens is 1. The largest absolute Gasteiger partial charge is 0.356 e. The van der Waals surface area contributed by atoms with Crippen LogP contribution in [0.2, 0.25) is 0 Å². The van der Waals surface area contributed by atoms with Gasteiger partial charge in [-0.15, -0.1) is 11.3 Å². The minimum Gasteiger partial charge on any atom is -0.356 e. The van der Waals surface area contributed by atoms with Gasteiger partial charge in [0.2, 0.25) is 5.91 Å². The van der Waals surface area contributed by atoms with Gasteiger partial charge >= 0.3 is 0 Å². The lowest BCUT2D eigenvalue weighted by Gasteiger charge is -2.05. The van der Waals surface area contributed by atoms with Crippen LogP contribution in [0.4, 0.5) is 4.39 Å². The molecule has 0 unspecified atom stereocenters. The summed E-state index contributed by atoms with van der Waals surface area (Å²) in [6.45, 7) is 4.79. The third kappa shape index (κ3) is 5.22. The molecule has 0 bridgehead atoms. The molecule has 0 radical (unpaired) electrons. The van der Waals surface area contributed by atoms with E-state index in [2.05, 4.69) is 29.5 Å². The van der Waals surface area contributed by atoms with Crippen LogP contribution >= 0.6 is 11.3 Å². The molecule has 1 aromatic heterocycles. The van der Waals surface area contributed by atoms with E-state index in [0.29, 0.717) is 31.7 Å². The summed E-state index contributed by atoms with van der Waals surface area (Å²) >= 11 is 1.62. The van der Waals surface area contributed by atoms with Crippen LogP contribution < -0.4 is 5.32 Å². The van der Waals surface area contributed by atoms with Crippen molar-refractivity contribution in [3.05, 3.63) is 51.7 Å². The highest BCUT2D eigenvalue weighted by Gasteiger charge is 2.08. The van der Waals surface area contributed by atoms with Gasteiger partial charge in [-0.2, -0.15) is 0 Å². The Morgan fingerprint density at radius 2 is 2.00 bits per heavy atom. The first-order chi connectivity index (χ1) is 10.5. The number of thiazole rings is 1. The summed E-state index contributed by atoms with van der Waals surface area (Å²) in [5.41, 5.74) is 2.11. The number of benzene rings is 1. The number of rotatable bonds is 7. The van der Waals surface area contributed by atoms with Crippen molar-refractivity contribution in [1.29, 1.82) is 0 Å². The van der Waals surface area contributed by atoms with Crippen LogP contribution in [0.3, 0.4) is 0 Å². The van der Waals surface area contributed by atoms with Gasteiger partial charge < -0.3 is 5.32 Å². The summed E-state index contributed by atoms with van der Waals surface area (Å²) in [7, 11) is 0. The maximum atomic E-state index is 12.8. The topological polar surface area (TPSA) is 42.0 Å². The molecule has 1 amide bonds. The number of hydrogen-bond acceptors (Lipinski definition) is 3. The molecule has 0 saturated carbocycles. The summed E-state index contributed by atoms with van der Waals surface area (Å²) in [6.07, 6.45) is 1.84. The molecule has 118 valence electrons. The first-order valence-corrected chi connectivity index (χ1v) is 8.38. The van der Waals surface area contributed by atoms with E-state index in [1.165, 1.54) is 12.1 Å². The maximum absolute atomic E-state index is 12.8. The molecular weight excluding hydrogens is 299 g/mol. The van der Waals surface area contributed by atoms with Gasteiger partial charge in [0.25, 0.3) is 0 Å². The Morgan fingerprint density at radius 1 is 1.27 bits per heavy atom. The zero-order valence-corrected chi connectivity index (χ0v) is 13.8. The minimum atomic E-state index is -0.239. The Kier molecular flexibility index (Phi) is 6.07. The van der Waals surface area contributed by atoms with E-state index >= 15 is 0 Å². The summed E-state index contributed by atoms with van der Waals surface area (Å²) in [6, 6.07) is 6.35. The van der Waals surface area contributed by atoms with Crippen LogP contribution in [0.5, 0.6) is 0 Å². The average Bonchev–Trinajstić information content (AvgIpc) is 2.96. The van der Waals surface area contributed by atoms with Gasteiger partial charge in [-0.1, -0.05) is 26.0 Å². The molecule has 22 heavy (non-hydrogen) atoms. The summed E-state index contributed by atoms with van der Waals surface area (Å²) in [5, 5.41) is 5.96. The SMILES string of the molecule is CC(C)c1csc(CCC(=O)NCCc2ccc(F)cc2)n1. The second-order valence-electron chi connectivity index (χ2n) is 5.55. The maximum Gasteiger partial charge on any atom is 0.220 e. The smallest absolute Gasteiger partial charge is 0.220 e. The third-order valence-electron chi connectivity index (χ3n) is 3.38. The average molecular weight is 320 g/mol. The standard InChI is InChI=1S/C17H21FN2OS/c1-12(2)15-11-22-17(20-15)8-7-16(21)19-10-9-13-3-5-14(18)6-4-13/h3-6,11-12H,7-10H2,1-2H3,(H,19,21). The lowest BCUT2D eigenvalue weighted by molar-refractivity contribution is -0.121. The van der Waals surface area contributed by atoms with Crippen molar-refractivity contribution in [2.45, 2.75) is 39.0 Å². The number of nitrogens with one attached hydrogen (secondary N) is 1. The molecule has 1 aromatic carbocycles. The molecule has 2 rings (SSSR count). The highest BCUT2D eigenvalue weighted by Crippen LogP contribution is 2.18. The quantitative estimate of drug-likeness (QED) is 0.845. The van der Waals surface area contributed by atoms with Gasteiger partial charge in [-0.3, -0.25) is 4.79 Å². The molecule has 0 aliphatic rings. The molecule has 0 aliphatic heterocycles. The number of aryl methyl sites for hydroxylation is 1. The molecule has 0 saturated heterocycles. The van der Waals surface area contributed by atoms with E-state index in [9.17, 15) is 9.18 Å².